The molecule has 2 amide bonds. The Morgan fingerprint density at radius 1 is 0.912 bits per heavy atom. The van der Waals surface area contributed by atoms with Gasteiger partial charge < -0.3 is 24.6 Å². The number of likely N-dealkylation sites (tertiary alicyclic amines) is 1. The number of benzene rings is 2. The van der Waals surface area contributed by atoms with Crippen molar-refractivity contribution in [3.8, 4) is 0 Å². The van der Waals surface area contributed by atoms with Crippen LogP contribution in [0.15, 0.2) is 60.7 Å². The maximum absolute atomic E-state index is 12.8. The number of rotatable bonds is 8. The lowest BCUT2D eigenvalue weighted by Crippen LogP contribution is -2.50. The van der Waals surface area contributed by atoms with Crippen molar-refractivity contribution in [2.24, 2.45) is 5.92 Å². The minimum atomic E-state index is -0.401. The topological polar surface area (TPSA) is 71.1 Å². The Labute approximate surface area is 202 Å². The third-order valence-corrected chi connectivity index (χ3v) is 6.60. The minimum Gasteiger partial charge on any atom is -0.445 e. The lowest BCUT2D eigenvalue weighted by Gasteiger charge is -2.36. The fraction of sp³-hybridized carbons (Fsp3) is 0.481. The predicted molar refractivity (Wildman–Crippen MR) is 130 cm³/mol. The van der Waals surface area contributed by atoms with Crippen LogP contribution in [0.25, 0.3) is 0 Å². The molecule has 7 nitrogen and oxygen atoms in total. The third kappa shape index (κ3) is 7.30. The molecule has 0 aromatic heterocycles. The minimum absolute atomic E-state index is 0.0721. The Morgan fingerprint density at radius 2 is 1.53 bits per heavy atom. The number of alkyl carbamates (subject to hydrolysis) is 1. The average Bonchev–Trinajstić information content (AvgIpc) is 2.89. The molecule has 2 fully saturated rings. The second-order valence-electron chi connectivity index (χ2n) is 9.11. The van der Waals surface area contributed by atoms with Gasteiger partial charge in [0, 0.05) is 31.6 Å². The Kier molecular flexibility index (Phi) is 8.93. The van der Waals surface area contributed by atoms with E-state index in [9.17, 15) is 9.59 Å². The van der Waals surface area contributed by atoms with Gasteiger partial charge in [-0.2, -0.15) is 0 Å². The molecule has 1 N–H and O–H groups in total. The normalized spacial score (nSPS) is 18.3. The summed E-state index contributed by atoms with van der Waals surface area (Å²) in [6.07, 6.45) is 2.04. The SMILES string of the molecule is O=C(NC(Cc1ccccc1)CN1CCC(C(=O)N2CCOCC2)CC1)OCc1ccccc1. The van der Waals surface area contributed by atoms with Gasteiger partial charge in [-0.25, -0.2) is 4.79 Å². The summed E-state index contributed by atoms with van der Waals surface area (Å²) in [5, 5.41) is 3.08. The van der Waals surface area contributed by atoms with Crippen molar-refractivity contribution >= 4 is 12.0 Å². The number of ether oxygens (including phenoxy) is 2. The number of carbonyl (C=O) groups is 2. The van der Waals surface area contributed by atoms with Crippen LogP contribution in [0.5, 0.6) is 0 Å². The Balaban J connectivity index is 1.29. The second kappa shape index (κ2) is 12.5. The first kappa shape index (κ1) is 24.2. The van der Waals surface area contributed by atoms with Gasteiger partial charge in [0.15, 0.2) is 0 Å². The highest BCUT2D eigenvalue weighted by molar-refractivity contribution is 5.79. The molecule has 0 spiro atoms. The smallest absolute Gasteiger partial charge is 0.407 e. The van der Waals surface area contributed by atoms with Crippen molar-refractivity contribution in [2.75, 3.05) is 45.9 Å². The zero-order valence-corrected chi connectivity index (χ0v) is 19.7. The van der Waals surface area contributed by atoms with E-state index in [-0.39, 0.29) is 24.5 Å². The van der Waals surface area contributed by atoms with E-state index < -0.39 is 6.09 Å². The van der Waals surface area contributed by atoms with Gasteiger partial charge in [-0.1, -0.05) is 60.7 Å². The van der Waals surface area contributed by atoms with Gasteiger partial charge in [0.25, 0.3) is 0 Å². The van der Waals surface area contributed by atoms with Gasteiger partial charge in [-0.3, -0.25) is 4.79 Å². The lowest BCUT2D eigenvalue weighted by atomic mass is 9.94. The molecule has 4 rings (SSSR count). The number of amides is 2. The van der Waals surface area contributed by atoms with Crippen LogP contribution in [0.4, 0.5) is 4.79 Å². The van der Waals surface area contributed by atoms with Gasteiger partial charge in [-0.15, -0.1) is 0 Å². The Morgan fingerprint density at radius 3 is 2.18 bits per heavy atom. The van der Waals surface area contributed by atoms with Gasteiger partial charge >= 0.3 is 6.09 Å². The number of hydrogen-bond acceptors (Lipinski definition) is 5. The molecule has 7 heteroatoms. The van der Waals surface area contributed by atoms with E-state index in [0.717, 1.165) is 44.5 Å². The van der Waals surface area contributed by atoms with Crippen LogP contribution in [0.2, 0.25) is 0 Å². The van der Waals surface area contributed by atoms with E-state index >= 15 is 0 Å². The molecule has 0 aliphatic carbocycles. The molecule has 34 heavy (non-hydrogen) atoms. The van der Waals surface area contributed by atoms with Crippen molar-refractivity contribution in [1.29, 1.82) is 0 Å². The molecule has 0 saturated carbocycles. The molecule has 2 aliphatic rings. The van der Waals surface area contributed by atoms with E-state index in [1.165, 1.54) is 5.56 Å². The molecular formula is C27H35N3O4. The summed E-state index contributed by atoms with van der Waals surface area (Å²) in [7, 11) is 0. The molecule has 2 heterocycles. The molecular weight excluding hydrogens is 430 g/mol. The molecule has 2 saturated heterocycles. The fourth-order valence-corrected chi connectivity index (χ4v) is 4.71. The van der Waals surface area contributed by atoms with Crippen molar-refractivity contribution in [3.63, 3.8) is 0 Å². The first-order valence-electron chi connectivity index (χ1n) is 12.3. The first-order valence-corrected chi connectivity index (χ1v) is 12.3. The molecule has 1 unspecified atom stereocenters. The summed E-state index contributed by atoms with van der Waals surface area (Å²) in [6.45, 7) is 5.36. The van der Waals surface area contributed by atoms with Gasteiger partial charge in [0.2, 0.25) is 5.91 Å². The third-order valence-electron chi connectivity index (χ3n) is 6.60. The van der Waals surface area contributed by atoms with Crippen LogP contribution in [0.1, 0.15) is 24.0 Å². The predicted octanol–water partition coefficient (Wildman–Crippen LogP) is 3.09. The summed E-state index contributed by atoms with van der Waals surface area (Å²) >= 11 is 0. The number of carbonyl (C=O) groups excluding carboxylic acids is 2. The summed E-state index contributed by atoms with van der Waals surface area (Å²) < 4.78 is 10.8. The van der Waals surface area contributed by atoms with Gasteiger partial charge in [0.05, 0.1) is 13.2 Å². The monoisotopic (exact) mass is 465 g/mol. The Bertz CT molecular complexity index is 895. The number of hydrogen-bond donors (Lipinski definition) is 1. The second-order valence-corrected chi connectivity index (χ2v) is 9.11. The zero-order valence-electron chi connectivity index (χ0n) is 19.7. The number of morpholine rings is 1. The molecule has 1 atom stereocenters. The number of nitrogens with one attached hydrogen (secondary N) is 1. The highest BCUT2D eigenvalue weighted by atomic mass is 16.5. The summed E-state index contributed by atoms with van der Waals surface area (Å²) in [4.78, 5) is 29.7. The maximum Gasteiger partial charge on any atom is 0.407 e. The van der Waals surface area contributed by atoms with E-state index in [2.05, 4.69) is 22.3 Å². The van der Waals surface area contributed by atoms with Crippen LogP contribution in [-0.4, -0.2) is 73.8 Å². The van der Waals surface area contributed by atoms with Crippen LogP contribution >= 0.6 is 0 Å². The van der Waals surface area contributed by atoms with Gasteiger partial charge in [-0.05, 0) is 43.5 Å². The number of nitrogens with zero attached hydrogens (tertiary/aromatic N) is 2. The van der Waals surface area contributed by atoms with E-state index in [1.54, 1.807) is 0 Å². The largest absolute Gasteiger partial charge is 0.445 e. The summed E-state index contributed by atoms with van der Waals surface area (Å²) in [6, 6.07) is 19.8. The molecule has 2 aliphatic heterocycles. The highest BCUT2D eigenvalue weighted by Gasteiger charge is 2.30. The molecule has 2 aromatic carbocycles. The zero-order chi connectivity index (χ0) is 23.6. The summed E-state index contributed by atoms with van der Waals surface area (Å²) in [5.41, 5.74) is 2.14. The quantitative estimate of drug-likeness (QED) is 0.649. The lowest BCUT2D eigenvalue weighted by molar-refractivity contribution is -0.141. The highest BCUT2D eigenvalue weighted by Crippen LogP contribution is 2.21. The molecule has 0 bridgehead atoms. The van der Waals surface area contributed by atoms with Crippen molar-refractivity contribution in [2.45, 2.75) is 31.9 Å². The van der Waals surface area contributed by atoms with E-state index in [1.807, 2.05) is 53.4 Å². The maximum atomic E-state index is 12.8. The van der Waals surface area contributed by atoms with Crippen molar-refractivity contribution < 1.29 is 19.1 Å². The van der Waals surface area contributed by atoms with Crippen LogP contribution in [-0.2, 0) is 27.3 Å². The van der Waals surface area contributed by atoms with Crippen LogP contribution in [0.3, 0.4) is 0 Å². The molecule has 182 valence electrons. The number of piperidine rings is 1. The first-order chi connectivity index (χ1) is 16.7. The van der Waals surface area contributed by atoms with Crippen LogP contribution in [0, 0.1) is 5.92 Å². The van der Waals surface area contributed by atoms with E-state index in [4.69, 9.17) is 9.47 Å². The average molecular weight is 466 g/mol. The van der Waals surface area contributed by atoms with Gasteiger partial charge in [0.1, 0.15) is 6.61 Å². The molecule has 0 radical (unpaired) electrons. The fourth-order valence-electron chi connectivity index (χ4n) is 4.71. The van der Waals surface area contributed by atoms with E-state index in [0.29, 0.717) is 26.3 Å². The standard InChI is InChI=1S/C27H35N3O4/c31-26(30-15-17-33-18-16-30)24-11-13-29(14-12-24)20-25(19-22-7-3-1-4-8-22)28-27(32)34-21-23-9-5-2-6-10-23/h1-10,24-25H,11-21H2,(H,28,32). The van der Waals surface area contributed by atoms with Crippen LogP contribution < -0.4 is 5.32 Å². The molecule has 2 aromatic rings. The van der Waals surface area contributed by atoms with Crippen molar-refractivity contribution in [3.05, 3.63) is 71.8 Å². The summed E-state index contributed by atoms with van der Waals surface area (Å²) in [5.74, 6) is 0.358. The van der Waals surface area contributed by atoms with Crippen molar-refractivity contribution in [1.82, 2.24) is 15.1 Å². The Hall–Kier alpha value is -2.90.